The number of carbonyl (C=O) groups is 2. The maximum Gasteiger partial charge on any atom is 0.239 e. The number of nitrogens with zero attached hydrogens (tertiary/aromatic N) is 3. The van der Waals surface area contributed by atoms with Gasteiger partial charge >= 0.3 is 0 Å². The highest BCUT2D eigenvalue weighted by molar-refractivity contribution is 6.30. The van der Waals surface area contributed by atoms with Gasteiger partial charge in [-0.05, 0) is 81.1 Å². The topological polar surface area (TPSA) is 126 Å². The fourth-order valence-electron chi connectivity index (χ4n) is 6.01. The van der Waals surface area contributed by atoms with Gasteiger partial charge in [0.25, 0.3) is 0 Å². The molecule has 0 unspecified atom stereocenters. The molecule has 5 N–H and O–H groups in total. The van der Waals surface area contributed by atoms with E-state index in [4.69, 9.17) is 32.5 Å². The summed E-state index contributed by atoms with van der Waals surface area (Å²) in [4.78, 5) is 31.4. The lowest BCUT2D eigenvalue weighted by atomic mass is 9.88. The Morgan fingerprint density at radius 2 is 1.80 bits per heavy atom. The van der Waals surface area contributed by atoms with Crippen molar-refractivity contribution in [2.24, 2.45) is 17.4 Å². The van der Waals surface area contributed by atoms with E-state index in [9.17, 15) is 14.0 Å². The quantitative estimate of drug-likeness (QED) is 0.252. The standard InChI is InChI=1S/C33H48ClFN6O4/c1-2-44-30-5-3-4-28(35)27(30)23-40-17-19-41(20-18-40)33(43)32(37)24-9-14-39(15-10-24)16-11-25-22-26(34)6-7-29(25)45-21-13-38-31(42)8-12-36/h3-7,22,24,32H,2,8-21,23,36-37H2,1H3,(H,38,42)/t32-/m1/s1. The molecule has 0 aliphatic carbocycles. The molecule has 248 valence electrons. The largest absolute Gasteiger partial charge is 0.493 e. The molecule has 0 radical (unpaired) electrons. The summed E-state index contributed by atoms with van der Waals surface area (Å²) in [7, 11) is 0. The van der Waals surface area contributed by atoms with Crippen molar-refractivity contribution >= 4 is 23.4 Å². The van der Waals surface area contributed by atoms with Crippen molar-refractivity contribution in [2.45, 2.75) is 45.2 Å². The highest BCUT2D eigenvalue weighted by atomic mass is 35.5. The molecule has 2 heterocycles. The summed E-state index contributed by atoms with van der Waals surface area (Å²) in [5, 5.41) is 3.45. The van der Waals surface area contributed by atoms with E-state index in [1.807, 2.05) is 24.0 Å². The first-order valence-corrected chi connectivity index (χ1v) is 16.4. The molecule has 2 aromatic carbocycles. The third kappa shape index (κ3) is 10.3. The van der Waals surface area contributed by atoms with E-state index in [1.165, 1.54) is 6.07 Å². The smallest absolute Gasteiger partial charge is 0.239 e. The summed E-state index contributed by atoms with van der Waals surface area (Å²) >= 11 is 6.28. The van der Waals surface area contributed by atoms with E-state index < -0.39 is 6.04 Å². The Kier molecular flexibility index (Phi) is 13.7. The summed E-state index contributed by atoms with van der Waals surface area (Å²) < 4.78 is 26.1. The molecule has 2 aromatic rings. The van der Waals surface area contributed by atoms with Gasteiger partial charge in [0.15, 0.2) is 0 Å². The van der Waals surface area contributed by atoms with Gasteiger partial charge in [-0.25, -0.2) is 4.39 Å². The number of likely N-dealkylation sites (tertiary alicyclic amines) is 1. The fraction of sp³-hybridized carbons (Fsp3) is 0.576. The van der Waals surface area contributed by atoms with Crippen LogP contribution in [0.1, 0.15) is 37.3 Å². The van der Waals surface area contributed by atoms with Gasteiger partial charge in [0.05, 0.1) is 19.2 Å². The second-order valence-electron chi connectivity index (χ2n) is 11.7. The molecule has 0 saturated carbocycles. The number of nitrogens with two attached hydrogens (primary N) is 2. The van der Waals surface area contributed by atoms with Crippen molar-refractivity contribution < 1.29 is 23.5 Å². The van der Waals surface area contributed by atoms with Gasteiger partial charge in [-0.15, -0.1) is 0 Å². The van der Waals surface area contributed by atoms with Gasteiger partial charge in [-0.3, -0.25) is 14.5 Å². The minimum absolute atomic E-state index is 0.00827. The van der Waals surface area contributed by atoms with E-state index in [0.717, 1.165) is 50.2 Å². The van der Waals surface area contributed by atoms with Crippen molar-refractivity contribution in [1.82, 2.24) is 20.0 Å². The number of halogens is 2. The van der Waals surface area contributed by atoms with Crippen LogP contribution in [0.25, 0.3) is 0 Å². The van der Waals surface area contributed by atoms with Crippen molar-refractivity contribution in [3.63, 3.8) is 0 Å². The minimum atomic E-state index is -0.520. The third-order valence-electron chi connectivity index (χ3n) is 8.64. The molecule has 0 aromatic heterocycles. The molecular formula is C33H48ClFN6O4. The van der Waals surface area contributed by atoms with Crippen molar-refractivity contribution in [1.29, 1.82) is 0 Å². The molecule has 2 saturated heterocycles. The number of ether oxygens (including phenoxy) is 2. The Balaban J connectivity index is 1.19. The van der Waals surface area contributed by atoms with Gasteiger partial charge in [-0.1, -0.05) is 17.7 Å². The maximum atomic E-state index is 14.5. The Hall–Kier alpha value is -2.96. The van der Waals surface area contributed by atoms with Gasteiger partial charge in [0, 0.05) is 62.8 Å². The molecule has 2 aliphatic rings. The first-order chi connectivity index (χ1) is 21.8. The lowest BCUT2D eigenvalue weighted by Crippen LogP contribution is -2.55. The summed E-state index contributed by atoms with van der Waals surface area (Å²) in [6, 6.07) is 10.0. The van der Waals surface area contributed by atoms with Gasteiger partial charge in [-0.2, -0.15) is 0 Å². The van der Waals surface area contributed by atoms with Crippen LogP contribution >= 0.6 is 11.6 Å². The summed E-state index contributed by atoms with van der Waals surface area (Å²) in [6.07, 6.45) is 2.80. The molecule has 1 atom stereocenters. The van der Waals surface area contributed by atoms with Crippen molar-refractivity contribution in [2.75, 3.05) is 72.1 Å². The number of benzene rings is 2. The van der Waals surface area contributed by atoms with E-state index in [1.54, 1.807) is 18.2 Å². The molecule has 0 bridgehead atoms. The molecule has 12 heteroatoms. The minimum Gasteiger partial charge on any atom is -0.493 e. The Morgan fingerprint density at radius 3 is 2.51 bits per heavy atom. The lowest BCUT2D eigenvalue weighted by Gasteiger charge is -2.39. The summed E-state index contributed by atoms with van der Waals surface area (Å²) in [5.74, 6) is 1.13. The van der Waals surface area contributed by atoms with E-state index >= 15 is 0 Å². The number of hydrogen-bond acceptors (Lipinski definition) is 8. The van der Waals surface area contributed by atoms with Crippen molar-refractivity contribution in [3.05, 3.63) is 58.4 Å². The average Bonchev–Trinajstić information content (AvgIpc) is 3.04. The van der Waals surface area contributed by atoms with Gasteiger partial charge < -0.3 is 36.1 Å². The molecular weight excluding hydrogens is 599 g/mol. The number of hydrogen-bond donors (Lipinski definition) is 3. The number of piperazine rings is 1. The van der Waals surface area contributed by atoms with Crippen LogP contribution in [-0.4, -0.2) is 105 Å². The predicted octanol–water partition coefficient (Wildman–Crippen LogP) is 2.65. The van der Waals surface area contributed by atoms with Crippen LogP contribution in [0.3, 0.4) is 0 Å². The zero-order valence-electron chi connectivity index (χ0n) is 26.3. The Bertz CT molecular complexity index is 1250. The first-order valence-electron chi connectivity index (χ1n) is 16.1. The molecule has 45 heavy (non-hydrogen) atoms. The SMILES string of the molecule is CCOc1cccc(F)c1CN1CCN(C(=O)[C@H](N)C2CCN(CCc3cc(Cl)ccc3OCCNC(=O)CCN)CC2)CC1. The van der Waals surface area contributed by atoms with Gasteiger partial charge in [0.2, 0.25) is 11.8 Å². The maximum absolute atomic E-state index is 14.5. The highest BCUT2D eigenvalue weighted by Gasteiger charge is 2.33. The number of amides is 2. The van der Waals surface area contributed by atoms with Crippen LogP contribution in [-0.2, 0) is 22.6 Å². The highest BCUT2D eigenvalue weighted by Crippen LogP contribution is 2.27. The van der Waals surface area contributed by atoms with E-state index in [-0.39, 0.29) is 23.5 Å². The first kappa shape index (κ1) is 34.9. The van der Waals surface area contributed by atoms with Gasteiger partial charge in [0.1, 0.15) is 23.9 Å². The zero-order chi connectivity index (χ0) is 32.2. The predicted molar refractivity (Wildman–Crippen MR) is 174 cm³/mol. The Morgan fingerprint density at radius 1 is 1.04 bits per heavy atom. The molecule has 0 spiro atoms. The summed E-state index contributed by atoms with van der Waals surface area (Å²) in [5.41, 5.74) is 13.5. The average molecular weight is 647 g/mol. The monoisotopic (exact) mass is 646 g/mol. The van der Waals surface area contributed by atoms with Crippen molar-refractivity contribution in [3.8, 4) is 11.5 Å². The summed E-state index contributed by atoms with van der Waals surface area (Å²) in [6.45, 7) is 8.96. The molecule has 2 aliphatic heterocycles. The zero-order valence-corrected chi connectivity index (χ0v) is 27.1. The number of carbonyl (C=O) groups excluding carboxylic acids is 2. The van der Waals surface area contributed by atoms with Crippen LogP contribution in [0.15, 0.2) is 36.4 Å². The second-order valence-corrected chi connectivity index (χ2v) is 12.1. The Labute approximate surface area is 271 Å². The molecule has 2 amide bonds. The second kappa shape index (κ2) is 17.7. The van der Waals surface area contributed by atoms with Crippen LogP contribution in [0.4, 0.5) is 4.39 Å². The fourth-order valence-corrected chi connectivity index (χ4v) is 6.21. The van der Waals surface area contributed by atoms with Crippen LogP contribution in [0.5, 0.6) is 11.5 Å². The normalized spacial score (nSPS) is 17.2. The molecule has 4 rings (SSSR count). The lowest BCUT2D eigenvalue weighted by molar-refractivity contribution is -0.136. The van der Waals surface area contributed by atoms with Crippen LogP contribution < -0.4 is 26.3 Å². The third-order valence-corrected chi connectivity index (χ3v) is 8.87. The van der Waals surface area contributed by atoms with E-state index in [2.05, 4.69) is 15.1 Å². The van der Waals surface area contributed by atoms with Crippen LogP contribution in [0, 0.1) is 11.7 Å². The molecule has 10 nitrogen and oxygen atoms in total. The number of piperidine rings is 1. The van der Waals surface area contributed by atoms with Crippen LogP contribution in [0.2, 0.25) is 5.02 Å². The number of rotatable bonds is 15. The molecule has 2 fully saturated rings. The number of nitrogens with one attached hydrogen (secondary N) is 1. The van der Waals surface area contributed by atoms with E-state index in [0.29, 0.717) is 81.8 Å².